The van der Waals surface area contributed by atoms with Gasteiger partial charge in [-0.1, -0.05) is 42.5 Å². The molecule has 7 heteroatoms. The Morgan fingerprint density at radius 1 is 1.20 bits per heavy atom. The normalized spacial score (nSPS) is 13.0. The van der Waals surface area contributed by atoms with Crippen molar-refractivity contribution in [2.24, 2.45) is 0 Å². The summed E-state index contributed by atoms with van der Waals surface area (Å²) in [6.07, 6.45) is -1.25. The molecule has 2 aromatic carbocycles. The van der Waals surface area contributed by atoms with Crippen molar-refractivity contribution < 1.29 is 18.7 Å². The van der Waals surface area contributed by atoms with Crippen molar-refractivity contribution in [1.82, 2.24) is 0 Å². The first-order chi connectivity index (χ1) is 11.9. The summed E-state index contributed by atoms with van der Waals surface area (Å²) in [6.45, 7) is 0. The van der Waals surface area contributed by atoms with E-state index in [4.69, 9.17) is 5.26 Å². The number of rotatable bonds is 6. The number of carbonyl (C=O) groups is 1. The quantitative estimate of drug-likeness (QED) is 0.706. The van der Waals surface area contributed by atoms with Gasteiger partial charge in [0.05, 0.1) is 15.7 Å². The maximum absolute atomic E-state index is 14.3. The molecule has 0 aliphatic rings. The van der Waals surface area contributed by atoms with Gasteiger partial charge >= 0.3 is 5.92 Å². The van der Waals surface area contributed by atoms with Crippen molar-refractivity contribution in [3.63, 3.8) is 0 Å². The number of Topliss-reactive ketones (excluding diaryl/α,β-unsaturated/α-hetero) is 1. The largest absolute Gasteiger partial charge is 0.382 e. The van der Waals surface area contributed by atoms with Gasteiger partial charge in [-0.05, 0) is 33.6 Å². The third-order valence-electron chi connectivity index (χ3n) is 3.38. The molecule has 2 aromatic rings. The summed E-state index contributed by atoms with van der Waals surface area (Å²) in [6, 6.07) is 15.6. The Bertz CT molecular complexity index is 832. The highest BCUT2D eigenvalue weighted by Crippen LogP contribution is 2.35. The van der Waals surface area contributed by atoms with E-state index in [1.54, 1.807) is 30.3 Å². The predicted molar refractivity (Wildman–Crippen MR) is 93.1 cm³/mol. The minimum absolute atomic E-state index is 0.0658. The molecule has 25 heavy (non-hydrogen) atoms. The van der Waals surface area contributed by atoms with Crippen LogP contribution in [0.15, 0.2) is 65.3 Å². The average molecular weight is 407 g/mol. The van der Waals surface area contributed by atoms with E-state index in [1.165, 1.54) is 24.3 Å². The van der Waals surface area contributed by atoms with Crippen molar-refractivity contribution in [3.05, 3.63) is 76.4 Å². The van der Waals surface area contributed by atoms with Crippen LogP contribution in [0.4, 0.5) is 14.5 Å². The number of ketones is 1. The first-order valence-corrected chi connectivity index (χ1v) is 7.94. The highest BCUT2D eigenvalue weighted by atomic mass is 79.9. The molecule has 0 saturated carbocycles. The van der Waals surface area contributed by atoms with Gasteiger partial charge in [-0.15, -0.1) is 0 Å². The second kappa shape index (κ2) is 8.01. The van der Waals surface area contributed by atoms with Gasteiger partial charge in [0.25, 0.3) is 0 Å². The van der Waals surface area contributed by atoms with Gasteiger partial charge in [0.1, 0.15) is 6.07 Å². The SMILES string of the molecule is N#Cc1ccccc1N/C=C(/Br)C(=O)C(F)(F)C(O)c1ccccc1. The van der Waals surface area contributed by atoms with Gasteiger partial charge in [-0.2, -0.15) is 14.0 Å². The molecule has 0 spiro atoms. The van der Waals surface area contributed by atoms with E-state index >= 15 is 0 Å². The van der Waals surface area contributed by atoms with Crippen LogP contribution in [0.1, 0.15) is 17.2 Å². The number of aliphatic hydroxyl groups excluding tert-OH is 1. The number of nitrogens with zero attached hydrogens (tertiary/aromatic N) is 1. The third kappa shape index (κ3) is 4.29. The van der Waals surface area contributed by atoms with Crippen molar-refractivity contribution in [2.75, 3.05) is 5.32 Å². The second-order valence-electron chi connectivity index (χ2n) is 5.06. The van der Waals surface area contributed by atoms with Crippen molar-refractivity contribution in [2.45, 2.75) is 12.0 Å². The molecule has 0 aromatic heterocycles. The Labute approximate surface area is 151 Å². The lowest BCUT2D eigenvalue weighted by Crippen LogP contribution is -2.36. The topological polar surface area (TPSA) is 73.1 Å². The monoisotopic (exact) mass is 406 g/mol. The number of para-hydroxylation sites is 1. The van der Waals surface area contributed by atoms with Crippen LogP contribution in [0.2, 0.25) is 0 Å². The Hall–Kier alpha value is -2.56. The number of carbonyl (C=O) groups excluding carboxylic acids is 1. The van der Waals surface area contributed by atoms with Gasteiger partial charge in [0.2, 0.25) is 5.78 Å². The standard InChI is InChI=1S/C18H13BrF2N2O2/c19-14(11-23-15-9-5-4-8-13(15)10-22)17(25)18(20,21)16(24)12-6-2-1-3-7-12/h1-9,11,16,23-24H/b14-11+. The summed E-state index contributed by atoms with van der Waals surface area (Å²) >= 11 is 2.80. The van der Waals surface area contributed by atoms with Crippen LogP contribution < -0.4 is 5.32 Å². The van der Waals surface area contributed by atoms with E-state index in [0.29, 0.717) is 11.3 Å². The maximum atomic E-state index is 14.3. The summed E-state index contributed by atoms with van der Waals surface area (Å²) in [5.74, 6) is -5.60. The molecule has 0 heterocycles. The molecule has 128 valence electrons. The lowest BCUT2D eigenvalue weighted by Gasteiger charge is -2.21. The second-order valence-corrected chi connectivity index (χ2v) is 5.91. The van der Waals surface area contributed by atoms with E-state index in [9.17, 15) is 18.7 Å². The molecule has 0 aliphatic carbocycles. The fourth-order valence-electron chi connectivity index (χ4n) is 2.04. The molecule has 0 bridgehead atoms. The number of nitriles is 1. The molecule has 2 N–H and O–H groups in total. The van der Waals surface area contributed by atoms with Crippen LogP contribution in [0.25, 0.3) is 0 Å². The van der Waals surface area contributed by atoms with E-state index in [-0.39, 0.29) is 5.56 Å². The Morgan fingerprint density at radius 2 is 1.80 bits per heavy atom. The van der Waals surface area contributed by atoms with E-state index < -0.39 is 22.3 Å². The number of halogens is 3. The van der Waals surface area contributed by atoms with E-state index in [0.717, 1.165) is 6.20 Å². The number of benzene rings is 2. The van der Waals surface area contributed by atoms with Gasteiger partial charge in [-0.25, -0.2) is 0 Å². The fourth-order valence-corrected chi connectivity index (χ4v) is 2.42. The van der Waals surface area contributed by atoms with Crippen molar-refractivity contribution in [1.29, 1.82) is 5.26 Å². The summed E-state index contributed by atoms with van der Waals surface area (Å²) in [7, 11) is 0. The van der Waals surface area contributed by atoms with E-state index in [1.807, 2.05) is 6.07 Å². The number of hydrogen-bond donors (Lipinski definition) is 2. The molecule has 2 rings (SSSR count). The van der Waals surface area contributed by atoms with Gasteiger partial charge < -0.3 is 10.4 Å². The number of nitrogens with one attached hydrogen (secondary N) is 1. The number of allylic oxidation sites excluding steroid dienone is 1. The van der Waals surface area contributed by atoms with E-state index in [2.05, 4.69) is 21.2 Å². The zero-order chi connectivity index (χ0) is 18.4. The summed E-state index contributed by atoms with van der Waals surface area (Å²) in [5, 5.41) is 21.5. The highest BCUT2D eigenvalue weighted by Gasteiger charge is 2.48. The van der Waals surface area contributed by atoms with Crippen molar-refractivity contribution >= 4 is 27.4 Å². The molecule has 0 saturated heterocycles. The molecule has 0 aliphatic heterocycles. The molecular weight excluding hydrogens is 394 g/mol. The first kappa shape index (κ1) is 18.8. The molecule has 0 fully saturated rings. The first-order valence-electron chi connectivity index (χ1n) is 7.15. The molecule has 0 amide bonds. The van der Waals surface area contributed by atoms with Crippen LogP contribution in [-0.2, 0) is 4.79 Å². The lowest BCUT2D eigenvalue weighted by atomic mass is 10.0. The smallest absolute Gasteiger partial charge is 0.339 e. The Morgan fingerprint density at radius 3 is 2.44 bits per heavy atom. The lowest BCUT2D eigenvalue weighted by molar-refractivity contribution is -0.156. The average Bonchev–Trinajstić information content (AvgIpc) is 2.65. The highest BCUT2D eigenvalue weighted by molar-refractivity contribution is 9.12. The Kier molecular flexibility index (Phi) is 6.02. The number of anilines is 1. The zero-order valence-electron chi connectivity index (χ0n) is 12.8. The molecular formula is C18H13BrF2N2O2. The minimum atomic E-state index is -4.02. The van der Waals surface area contributed by atoms with Crippen LogP contribution in [0.5, 0.6) is 0 Å². The minimum Gasteiger partial charge on any atom is -0.382 e. The third-order valence-corrected chi connectivity index (χ3v) is 3.97. The van der Waals surface area contributed by atoms with Crippen LogP contribution in [0, 0.1) is 11.3 Å². The molecule has 1 atom stereocenters. The van der Waals surface area contributed by atoms with Crippen LogP contribution >= 0.6 is 15.9 Å². The predicted octanol–water partition coefficient (Wildman–Crippen LogP) is 4.14. The fraction of sp³-hybridized carbons (Fsp3) is 0.111. The van der Waals surface area contributed by atoms with Crippen molar-refractivity contribution in [3.8, 4) is 6.07 Å². The molecule has 4 nitrogen and oxygen atoms in total. The zero-order valence-corrected chi connectivity index (χ0v) is 14.4. The van der Waals surface area contributed by atoms with Crippen LogP contribution in [0.3, 0.4) is 0 Å². The summed E-state index contributed by atoms with van der Waals surface area (Å²) in [5.41, 5.74) is 0.591. The Balaban J connectivity index is 2.19. The summed E-state index contributed by atoms with van der Waals surface area (Å²) < 4.78 is 28.1. The van der Waals surface area contributed by atoms with Gasteiger partial charge in [-0.3, -0.25) is 4.79 Å². The van der Waals surface area contributed by atoms with Gasteiger partial charge in [0.15, 0.2) is 6.10 Å². The van der Waals surface area contributed by atoms with Crippen LogP contribution in [-0.4, -0.2) is 16.8 Å². The van der Waals surface area contributed by atoms with Gasteiger partial charge in [0, 0.05) is 6.20 Å². The number of hydrogen-bond acceptors (Lipinski definition) is 4. The number of aliphatic hydroxyl groups is 1. The number of alkyl halides is 2. The summed E-state index contributed by atoms with van der Waals surface area (Å²) in [4.78, 5) is 12.0. The maximum Gasteiger partial charge on any atom is 0.339 e. The molecule has 0 radical (unpaired) electrons. The molecule has 1 unspecified atom stereocenters.